The van der Waals surface area contributed by atoms with Crippen LogP contribution in [0.5, 0.6) is 0 Å². The number of amides is 1. The van der Waals surface area contributed by atoms with Crippen molar-refractivity contribution in [3.8, 4) is 0 Å². The van der Waals surface area contributed by atoms with Gasteiger partial charge >= 0.3 is 12.4 Å². The van der Waals surface area contributed by atoms with Gasteiger partial charge in [0.25, 0.3) is 0 Å². The molecule has 0 radical (unpaired) electrons. The van der Waals surface area contributed by atoms with E-state index in [4.69, 9.17) is 0 Å². The van der Waals surface area contributed by atoms with Crippen molar-refractivity contribution in [2.24, 2.45) is 16.7 Å². The third kappa shape index (κ3) is 7.07. The SMILES string of the molecule is CC(C)(C)CC(C(=O)Nc1cc(C(F)(F)F)cc(C(F)(F)F)c1)C(C)(C)C. The Morgan fingerprint density at radius 1 is 0.852 bits per heavy atom. The fourth-order valence-corrected chi connectivity index (χ4v) is 2.66. The molecule has 0 fully saturated rings. The van der Waals surface area contributed by atoms with E-state index in [1.807, 2.05) is 20.8 Å². The lowest BCUT2D eigenvalue weighted by Crippen LogP contribution is -2.36. The smallest absolute Gasteiger partial charge is 0.326 e. The van der Waals surface area contributed by atoms with Crippen molar-refractivity contribution in [2.75, 3.05) is 5.32 Å². The normalized spacial score (nSPS) is 14.8. The van der Waals surface area contributed by atoms with Gasteiger partial charge in [0.05, 0.1) is 11.1 Å². The van der Waals surface area contributed by atoms with Crippen molar-refractivity contribution in [1.29, 1.82) is 0 Å². The van der Waals surface area contributed by atoms with Crippen LogP contribution in [0.2, 0.25) is 0 Å². The summed E-state index contributed by atoms with van der Waals surface area (Å²) in [6.45, 7) is 11.1. The first-order valence-electron chi connectivity index (χ1n) is 8.41. The molecular formula is C19H25F6NO. The van der Waals surface area contributed by atoms with E-state index < -0.39 is 46.4 Å². The molecule has 2 nitrogen and oxygen atoms in total. The van der Waals surface area contributed by atoms with Gasteiger partial charge in [0, 0.05) is 11.6 Å². The summed E-state index contributed by atoms with van der Waals surface area (Å²) >= 11 is 0. The minimum atomic E-state index is -4.96. The quantitative estimate of drug-likeness (QED) is 0.561. The number of benzene rings is 1. The molecule has 8 heteroatoms. The van der Waals surface area contributed by atoms with Gasteiger partial charge in [0.15, 0.2) is 0 Å². The Morgan fingerprint density at radius 3 is 1.56 bits per heavy atom. The summed E-state index contributed by atoms with van der Waals surface area (Å²) in [5.41, 5.74) is -4.22. The topological polar surface area (TPSA) is 29.1 Å². The highest BCUT2D eigenvalue weighted by Gasteiger charge is 2.38. The summed E-state index contributed by atoms with van der Waals surface area (Å²) in [5, 5.41) is 2.26. The van der Waals surface area contributed by atoms with Crippen molar-refractivity contribution in [2.45, 2.75) is 60.3 Å². The minimum Gasteiger partial charge on any atom is -0.326 e. The fourth-order valence-electron chi connectivity index (χ4n) is 2.66. The van der Waals surface area contributed by atoms with Crippen LogP contribution in [-0.4, -0.2) is 5.91 Å². The molecule has 0 bridgehead atoms. The Balaban J connectivity index is 3.30. The maximum Gasteiger partial charge on any atom is 0.416 e. The number of carbonyl (C=O) groups excluding carboxylic acids is 1. The molecule has 0 saturated carbocycles. The van der Waals surface area contributed by atoms with E-state index in [0.717, 1.165) is 0 Å². The number of hydrogen-bond acceptors (Lipinski definition) is 1. The number of alkyl halides is 6. The summed E-state index contributed by atoms with van der Waals surface area (Å²) in [4.78, 5) is 12.7. The average molecular weight is 397 g/mol. The molecule has 0 aliphatic carbocycles. The first kappa shape index (κ1) is 23.3. The van der Waals surface area contributed by atoms with Crippen molar-refractivity contribution >= 4 is 11.6 Å². The Hall–Kier alpha value is -1.73. The molecule has 1 aromatic rings. The summed E-state index contributed by atoms with van der Waals surface area (Å²) < 4.78 is 77.8. The Bertz CT molecular complexity index is 645. The summed E-state index contributed by atoms with van der Waals surface area (Å²) in [6.07, 6.45) is -9.50. The van der Waals surface area contributed by atoms with E-state index in [9.17, 15) is 31.1 Å². The van der Waals surface area contributed by atoms with Crippen LogP contribution in [0.25, 0.3) is 0 Å². The van der Waals surface area contributed by atoms with E-state index in [-0.39, 0.29) is 11.5 Å². The average Bonchev–Trinajstić information content (AvgIpc) is 2.40. The van der Waals surface area contributed by atoms with Gasteiger partial charge in [0.2, 0.25) is 5.91 Å². The highest BCUT2D eigenvalue weighted by atomic mass is 19.4. The van der Waals surface area contributed by atoms with Gasteiger partial charge < -0.3 is 5.32 Å². The zero-order chi connectivity index (χ0) is 21.4. The van der Waals surface area contributed by atoms with E-state index in [2.05, 4.69) is 5.32 Å². The number of anilines is 1. The standard InChI is InChI=1S/C19H25F6NO/c1-16(2,3)10-14(17(4,5)6)15(27)26-13-8-11(18(20,21)22)7-12(9-13)19(23,24)25/h7-9,14H,10H2,1-6H3,(H,26,27). The van der Waals surface area contributed by atoms with E-state index in [1.165, 1.54) is 0 Å². The van der Waals surface area contributed by atoms with Crippen LogP contribution in [0.4, 0.5) is 32.0 Å². The third-order valence-electron chi connectivity index (χ3n) is 4.03. The van der Waals surface area contributed by atoms with Crippen LogP contribution in [0.1, 0.15) is 59.1 Å². The second-order valence-electron chi connectivity index (χ2n) is 8.97. The zero-order valence-electron chi connectivity index (χ0n) is 16.2. The van der Waals surface area contributed by atoms with Gasteiger partial charge in [-0.25, -0.2) is 0 Å². The Morgan fingerprint density at radius 2 is 1.26 bits per heavy atom. The molecule has 0 aliphatic rings. The molecule has 1 unspecified atom stereocenters. The van der Waals surface area contributed by atoms with Gasteiger partial charge in [-0.1, -0.05) is 41.5 Å². The second-order valence-corrected chi connectivity index (χ2v) is 8.97. The molecule has 1 rings (SSSR count). The molecule has 0 saturated heterocycles. The van der Waals surface area contributed by atoms with Gasteiger partial charge in [0.1, 0.15) is 0 Å². The highest BCUT2D eigenvalue weighted by molar-refractivity contribution is 5.93. The number of rotatable bonds is 3. The molecule has 27 heavy (non-hydrogen) atoms. The van der Waals surface area contributed by atoms with Crippen LogP contribution in [0, 0.1) is 16.7 Å². The van der Waals surface area contributed by atoms with Crippen LogP contribution in [-0.2, 0) is 17.1 Å². The van der Waals surface area contributed by atoms with E-state index in [1.54, 1.807) is 20.8 Å². The van der Waals surface area contributed by atoms with Crippen LogP contribution in [0.3, 0.4) is 0 Å². The van der Waals surface area contributed by atoms with Gasteiger partial charge in [-0.05, 0) is 35.4 Å². The number of nitrogens with one attached hydrogen (secondary N) is 1. The summed E-state index contributed by atoms with van der Waals surface area (Å²) in [6, 6.07) is 1.07. The largest absolute Gasteiger partial charge is 0.416 e. The van der Waals surface area contributed by atoms with Gasteiger partial charge in [-0.3, -0.25) is 4.79 Å². The molecule has 1 N–H and O–H groups in total. The molecular weight excluding hydrogens is 372 g/mol. The molecule has 1 amide bonds. The van der Waals surface area contributed by atoms with Crippen LogP contribution < -0.4 is 5.32 Å². The van der Waals surface area contributed by atoms with Crippen LogP contribution >= 0.6 is 0 Å². The van der Waals surface area contributed by atoms with Gasteiger partial charge in [-0.15, -0.1) is 0 Å². The summed E-state index contributed by atoms with van der Waals surface area (Å²) in [5.74, 6) is -1.20. The molecule has 0 aromatic heterocycles. The van der Waals surface area contributed by atoms with Crippen molar-refractivity contribution in [3.63, 3.8) is 0 Å². The van der Waals surface area contributed by atoms with Crippen molar-refractivity contribution in [1.82, 2.24) is 0 Å². The maximum atomic E-state index is 13.0. The molecule has 1 atom stereocenters. The fraction of sp³-hybridized carbons (Fsp3) is 0.632. The predicted molar refractivity (Wildman–Crippen MR) is 92.1 cm³/mol. The Kier molecular flexibility index (Phi) is 6.35. The lowest BCUT2D eigenvalue weighted by molar-refractivity contribution is -0.143. The first-order valence-corrected chi connectivity index (χ1v) is 8.41. The molecule has 0 spiro atoms. The van der Waals surface area contributed by atoms with Gasteiger partial charge in [-0.2, -0.15) is 26.3 Å². The van der Waals surface area contributed by atoms with E-state index >= 15 is 0 Å². The number of hydrogen-bond donors (Lipinski definition) is 1. The molecule has 1 aromatic carbocycles. The Labute approximate surface area is 155 Å². The minimum absolute atomic E-state index is 0.0338. The summed E-state index contributed by atoms with van der Waals surface area (Å²) in [7, 11) is 0. The first-order chi connectivity index (χ1) is 11.8. The molecule has 0 aliphatic heterocycles. The lowest BCUT2D eigenvalue weighted by Gasteiger charge is -2.34. The second kappa shape index (κ2) is 7.36. The van der Waals surface area contributed by atoms with E-state index in [0.29, 0.717) is 18.6 Å². The van der Waals surface area contributed by atoms with Crippen LogP contribution in [0.15, 0.2) is 18.2 Å². The molecule has 154 valence electrons. The number of carbonyl (C=O) groups is 1. The molecule has 0 heterocycles. The van der Waals surface area contributed by atoms with Crippen molar-refractivity contribution in [3.05, 3.63) is 29.3 Å². The zero-order valence-corrected chi connectivity index (χ0v) is 16.2. The third-order valence-corrected chi connectivity index (χ3v) is 4.03. The predicted octanol–water partition coefficient (Wildman–Crippen LogP) is 6.76. The van der Waals surface area contributed by atoms with Crippen molar-refractivity contribution < 1.29 is 31.1 Å². The monoisotopic (exact) mass is 397 g/mol. The number of halogens is 6. The lowest BCUT2D eigenvalue weighted by atomic mass is 9.71. The maximum absolute atomic E-state index is 13.0. The highest BCUT2D eigenvalue weighted by Crippen LogP contribution is 2.39.